The first-order valence-electron chi connectivity index (χ1n) is 11.6. The number of hydrogen-bond acceptors (Lipinski definition) is 5. The third kappa shape index (κ3) is 5.54. The first kappa shape index (κ1) is 25.4. The Hall–Kier alpha value is -3.26. The fraction of sp³-hybridized carbons (Fsp3) is 0.103. The standard InChI is InChI=1S/C29H22BrClN2O3S/c1-2-36-29(35)26-27(34)25(37-28(26)32-22-11-9-21(31)10-12-22)14-19-17-33(16-18-6-4-3-5-7-18)24-13-8-20(30)15-23(19)24/h3-15,17,34H,2,16H2,1H3/b25-14-,32-28?. The summed E-state index contributed by atoms with van der Waals surface area (Å²) >= 11 is 10.8. The van der Waals surface area contributed by atoms with Crippen LogP contribution in [0.25, 0.3) is 17.0 Å². The van der Waals surface area contributed by atoms with E-state index in [0.29, 0.717) is 27.2 Å². The van der Waals surface area contributed by atoms with Crippen molar-refractivity contribution in [2.75, 3.05) is 6.61 Å². The zero-order valence-corrected chi connectivity index (χ0v) is 23.0. The normalized spacial score (nSPS) is 15.8. The summed E-state index contributed by atoms with van der Waals surface area (Å²) in [7, 11) is 0. The van der Waals surface area contributed by atoms with Crippen LogP contribution in [0.3, 0.4) is 0 Å². The summed E-state index contributed by atoms with van der Waals surface area (Å²) in [6.45, 7) is 2.62. The van der Waals surface area contributed by atoms with E-state index in [9.17, 15) is 9.90 Å². The topological polar surface area (TPSA) is 63.8 Å². The van der Waals surface area contributed by atoms with Crippen LogP contribution in [0.2, 0.25) is 5.02 Å². The molecule has 5 rings (SSSR count). The van der Waals surface area contributed by atoms with Gasteiger partial charge in [0, 0.05) is 38.7 Å². The second-order valence-electron chi connectivity index (χ2n) is 8.31. The molecular formula is C29H22BrClN2O3S. The average Bonchev–Trinajstić information content (AvgIpc) is 3.37. The van der Waals surface area contributed by atoms with Gasteiger partial charge in [0.25, 0.3) is 0 Å². The summed E-state index contributed by atoms with van der Waals surface area (Å²) in [4.78, 5) is 17.9. The quantitative estimate of drug-likeness (QED) is 0.228. The van der Waals surface area contributed by atoms with Gasteiger partial charge in [-0.25, -0.2) is 9.79 Å². The van der Waals surface area contributed by atoms with Gasteiger partial charge in [-0.2, -0.15) is 0 Å². The lowest BCUT2D eigenvalue weighted by Gasteiger charge is -2.05. The maximum atomic E-state index is 12.8. The van der Waals surface area contributed by atoms with E-state index in [0.717, 1.165) is 20.9 Å². The summed E-state index contributed by atoms with van der Waals surface area (Å²) in [5.41, 5.74) is 3.83. The van der Waals surface area contributed by atoms with Crippen molar-refractivity contribution in [1.29, 1.82) is 0 Å². The zero-order chi connectivity index (χ0) is 25.9. The Morgan fingerprint density at radius 2 is 1.89 bits per heavy atom. The Labute approximate surface area is 232 Å². The van der Waals surface area contributed by atoms with Crippen molar-refractivity contribution in [2.45, 2.75) is 13.5 Å². The van der Waals surface area contributed by atoms with Crippen LogP contribution in [-0.4, -0.2) is 27.3 Å². The summed E-state index contributed by atoms with van der Waals surface area (Å²) in [6.07, 6.45) is 3.95. The van der Waals surface area contributed by atoms with E-state index in [4.69, 9.17) is 16.3 Å². The molecule has 186 valence electrons. The smallest absolute Gasteiger partial charge is 0.344 e. The van der Waals surface area contributed by atoms with Gasteiger partial charge in [-0.15, -0.1) is 0 Å². The number of carbonyl (C=O) groups excluding carboxylic acids is 1. The maximum Gasteiger partial charge on any atom is 0.344 e. The van der Waals surface area contributed by atoms with Crippen LogP contribution < -0.4 is 0 Å². The van der Waals surface area contributed by atoms with E-state index < -0.39 is 5.97 Å². The van der Waals surface area contributed by atoms with Crippen molar-refractivity contribution in [1.82, 2.24) is 4.57 Å². The summed E-state index contributed by atoms with van der Waals surface area (Å²) in [6, 6.07) is 23.3. The average molecular weight is 594 g/mol. The Morgan fingerprint density at radius 3 is 2.62 bits per heavy atom. The van der Waals surface area contributed by atoms with E-state index in [-0.39, 0.29) is 17.9 Å². The number of aliphatic hydroxyl groups excluding tert-OH is 1. The van der Waals surface area contributed by atoms with E-state index in [1.54, 1.807) is 31.2 Å². The lowest BCUT2D eigenvalue weighted by molar-refractivity contribution is -0.138. The fourth-order valence-corrected chi connectivity index (χ4v) is 5.60. The highest BCUT2D eigenvalue weighted by Crippen LogP contribution is 2.41. The lowest BCUT2D eigenvalue weighted by atomic mass is 10.1. The number of halogens is 2. The number of thioether (sulfide) groups is 1. The monoisotopic (exact) mass is 592 g/mol. The van der Waals surface area contributed by atoms with Crippen molar-refractivity contribution >= 4 is 73.0 Å². The van der Waals surface area contributed by atoms with Crippen LogP contribution >= 0.6 is 39.3 Å². The minimum atomic E-state index is -0.613. The predicted octanol–water partition coefficient (Wildman–Crippen LogP) is 8.30. The molecule has 0 unspecified atom stereocenters. The SMILES string of the molecule is CCOC(=O)C1=C(O)/C(=C/c2cn(Cc3ccccc3)c3ccc(Br)cc23)SC1=Nc1ccc(Cl)cc1. The molecule has 1 aromatic heterocycles. The number of aliphatic hydroxyl groups is 1. The molecule has 0 saturated heterocycles. The molecule has 0 atom stereocenters. The number of nitrogens with zero attached hydrogens (tertiary/aromatic N) is 2. The Bertz CT molecular complexity index is 1570. The molecule has 4 aromatic rings. The number of hydrogen-bond donors (Lipinski definition) is 1. The van der Waals surface area contributed by atoms with Crippen LogP contribution in [0.4, 0.5) is 5.69 Å². The minimum absolute atomic E-state index is 0.0576. The van der Waals surface area contributed by atoms with Crippen LogP contribution in [0.5, 0.6) is 0 Å². The number of carbonyl (C=O) groups is 1. The van der Waals surface area contributed by atoms with Crippen molar-refractivity contribution in [2.24, 2.45) is 4.99 Å². The van der Waals surface area contributed by atoms with E-state index in [1.807, 2.05) is 30.3 Å². The number of aromatic nitrogens is 1. The molecule has 0 bridgehead atoms. The second kappa shape index (κ2) is 11.0. The van der Waals surface area contributed by atoms with Gasteiger partial charge in [-0.3, -0.25) is 0 Å². The highest BCUT2D eigenvalue weighted by atomic mass is 79.9. The zero-order valence-electron chi connectivity index (χ0n) is 19.8. The molecule has 8 heteroatoms. The molecule has 0 fully saturated rings. The third-order valence-corrected chi connectivity index (χ3v) is 7.55. The van der Waals surface area contributed by atoms with Crippen molar-refractivity contribution in [3.63, 3.8) is 0 Å². The molecule has 5 nitrogen and oxygen atoms in total. The van der Waals surface area contributed by atoms with Gasteiger partial charge in [0.05, 0.1) is 17.2 Å². The largest absolute Gasteiger partial charge is 0.506 e. The summed E-state index contributed by atoms with van der Waals surface area (Å²) < 4.78 is 8.36. The van der Waals surface area contributed by atoms with Crippen LogP contribution in [-0.2, 0) is 16.1 Å². The third-order valence-electron chi connectivity index (χ3n) is 5.78. The first-order valence-corrected chi connectivity index (χ1v) is 13.6. The minimum Gasteiger partial charge on any atom is -0.506 e. The van der Waals surface area contributed by atoms with Gasteiger partial charge in [0.2, 0.25) is 0 Å². The van der Waals surface area contributed by atoms with Crippen molar-refractivity contribution in [3.05, 3.63) is 116 Å². The molecule has 1 aliphatic heterocycles. The number of esters is 1. The highest BCUT2D eigenvalue weighted by molar-refractivity contribution is 9.10. The van der Waals surface area contributed by atoms with Crippen LogP contribution in [0, 0.1) is 0 Å². The predicted molar refractivity (Wildman–Crippen MR) is 156 cm³/mol. The highest BCUT2D eigenvalue weighted by Gasteiger charge is 2.33. The first-order chi connectivity index (χ1) is 17.9. The van der Waals surface area contributed by atoms with E-state index in [1.165, 1.54) is 17.3 Å². The van der Waals surface area contributed by atoms with Gasteiger partial charge >= 0.3 is 5.97 Å². The van der Waals surface area contributed by atoms with Crippen LogP contribution in [0.15, 0.2) is 105 Å². The molecule has 1 N–H and O–H groups in total. The lowest BCUT2D eigenvalue weighted by Crippen LogP contribution is -2.12. The van der Waals surface area contributed by atoms with E-state index in [2.05, 4.69) is 56.0 Å². The molecule has 0 aliphatic carbocycles. The molecule has 0 saturated carbocycles. The molecular weight excluding hydrogens is 572 g/mol. The molecule has 0 amide bonds. The molecule has 0 spiro atoms. The number of rotatable bonds is 6. The molecule has 0 radical (unpaired) electrons. The number of ether oxygens (including phenoxy) is 1. The van der Waals surface area contributed by atoms with Gasteiger partial charge in [0.1, 0.15) is 16.4 Å². The fourth-order valence-electron chi connectivity index (χ4n) is 4.09. The molecule has 37 heavy (non-hydrogen) atoms. The second-order valence-corrected chi connectivity index (χ2v) is 10.7. The summed E-state index contributed by atoms with van der Waals surface area (Å²) in [5, 5.41) is 13.1. The van der Waals surface area contributed by atoms with Gasteiger partial charge in [-0.1, -0.05) is 69.6 Å². The summed E-state index contributed by atoms with van der Waals surface area (Å²) in [5.74, 6) is -0.756. The van der Waals surface area contributed by atoms with Gasteiger partial charge in [0.15, 0.2) is 0 Å². The molecule has 3 aromatic carbocycles. The maximum absolute atomic E-state index is 12.8. The Balaban J connectivity index is 1.59. The van der Waals surface area contributed by atoms with Crippen LogP contribution in [0.1, 0.15) is 18.1 Å². The number of benzene rings is 3. The Kier molecular flexibility index (Phi) is 7.55. The molecule has 1 aliphatic rings. The van der Waals surface area contributed by atoms with E-state index >= 15 is 0 Å². The number of fused-ring (bicyclic) bond motifs is 1. The number of aliphatic imine (C=N–C) groups is 1. The van der Waals surface area contributed by atoms with Crippen molar-refractivity contribution in [3.8, 4) is 0 Å². The van der Waals surface area contributed by atoms with Crippen molar-refractivity contribution < 1.29 is 14.6 Å². The molecule has 2 heterocycles. The van der Waals surface area contributed by atoms with Gasteiger partial charge < -0.3 is 14.4 Å². The van der Waals surface area contributed by atoms with Gasteiger partial charge in [-0.05, 0) is 61.0 Å². The Morgan fingerprint density at radius 1 is 1.14 bits per heavy atom.